The molecule has 102 valence electrons. The van der Waals surface area contributed by atoms with Crippen LogP contribution in [-0.4, -0.2) is 8.76 Å². The zero-order chi connectivity index (χ0) is 13.2. The Labute approximate surface area is 146 Å². The summed E-state index contributed by atoms with van der Waals surface area (Å²) in [6, 6.07) is 11.9. The molecule has 0 aromatic heterocycles. The number of benzene rings is 2. The van der Waals surface area contributed by atoms with E-state index in [1.807, 2.05) is 12.1 Å². The van der Waals surface area contributed by atoms with Crippen LogP contribution >= 0.6 is 0 Å². The fourth-order valence-corrected chi connectivity index (χ4v) is 3.56. The van der Waals surface area contributed by atoms with Crippen LogP contribution in [0.25, 0.3) is 10.8 Å². The largest absolute Gasteiger partial charge is 1.00 e. The fraction of sp³-hybridized carbons (Fsp3) is 0.375. The van der Waals surface area contributed by atoms with Gasteiger partial charge in [0.1, 0.15) is 0 Å². The van der Waals surface area contributed by atoms with E-state index in [1.54, 1.807) is 6.07 Å². The van der Waals surface area contributed by atoms with Crippen molar-refractivity contribution < 1.29 is 39.7 Å². The van der Waals surface area contributed by atoms with Crippen molar-refractivity contribution in [3.63, 3.8) is 0 Å². The molecule has 0 aliphatic heterocycles. The van der Waals surface area contributed by atoms with Crippen molar-refractivity contribution in [2.45, 2.75) is 42.9 Å². The first-order valence-electron chi connectivity index (χ1n) is 6.89. The molecule has 0 saturated heterocycles. The van der Waals surface area contributed by atoms with Crippen LogP contribution in [0.4, 0.5) is 0 Å². The molecule has 1 aliphatic rings. The third kappa shape index (κ3) is 3.34. The van der Waals surface area contributed by atoms with Crippen LogP contribution in [0.5, 0.6) is 0 Å². The van der Waals surface area contributed by atoms with Crippen LogP contribution in [0.2, 0.25) is 0 Å². The molecule has 4 heteroatoms. The molecule has 1 N–H and O–H groups in total. The maximum atomic E-state index is 11.2. The van der Waals surface area contributed by atoms with Gasteiger partial charge in [0.2, 0.25) is 0 Å². The van der Waals surface area contributed by atoms with Crippen molar-refractivity contribution in [3.8, 4) is 0 Å². The maximum Gasteiger partial charge on any atom is 1.00 e. The molecule has 0 amide bonds. The number of fused-ring (bicyclic) bond motifs is 1. The monoisotopic (exact) mass is 298 g/mol. The predicted molar refractivity (Wildman–Crippen MR) is 79.9 cm³/mol. The summed E-state index contributed by atoms with van der Waals surface area (Å²) in [5.41, 5.74) is 1.35. The zero-order valence-corrected chi connectivity index (χ0v) is 14.7. The van der Waals surface area contributed by atoms with E-state index in [4.69, 9.17) is 0 Å². The van der Waals surface area contributed by atoms with Gasteiger partial charge >= 0.3 is 29.6 Å². The summed E-state index contributed by atoms with van der Waals surface area (Å²) in [7, 11) is 0. The number of hydrogen-bond donors (Lipinski definition) is 1. The van der Waals surface area contributed by atoms with E-state index in [1.165, 1.54) is 37.7 Å². The SMILES string of the molecule is O=S(O)c1ccc2cccc(C3CCCCC3)c2c1.[H-].[Na+]. The quantitative estimate of drug-likeness (QED) is 0.675. The summed E-state index contributed by atoms with van der Waals surface area (Å²) >= 11 is -1.90. The molecular formula is C16H19NaO2S. The molecule has 2 aromatic carbocycles. The first-order valence-corrected chi connectivity index (χ1v) is 8.00. The topological polar surface area (TPSA) is 37.3 Å². The standard InChI is InChI=1S/C16H18O2S.Na.H/c17-19(18)14-10-9-13-7-4-8-15(16(13)11-14)12-5-2-1-3-6-12;;/h4,7-12H,1-3,5-6H2,(H,17,18);;/q;+1;-1. The van der Waals surface area contributed by atoms with E-state index >= 15 is 0 Å². The minimum atomic E-state index is -1.90. The first kappa shape index (κ1) is 16.2. The Morgan fingerprint density at radius 3 is 2.55 bits per heavy atom. The van der Waals surface area contributed by atoms with Gasteiger partial charge < -0.3 is 5.98 Å². The summed E-state index contributed by atoms with van der Waals surface area (Å²) in [6.45, 7) is 0. The molecule has 1 fully saturated rings. The van der Waals surface area contributed by atoms with Crippen LogP contribution in [0.3, 0.4) is 0 Å². The predicted octanol–water partition coefficient (Wildman–Crippen LogP) is 1.58. The van der Waals surface area contributed by atoms with E-state index in [0.29, 0.717) is 10.8 Å². The Hall–Kier alpha value is -0.190. The van der Waals surface area contributed by atoms with Gasteiger partial charge in [-0.1, -0.05) is 43.5 Å². The van der Waals surface area contributed by atoms with Crippen molar-refractivity contribution in [1.29, 1.82) is 0 Å². The van der Waals surface area contributed by atoms with E-state index < -0.39 is 11.1 Å². The van der Waals surface area contributed by atoms with Crippen LogP contribution in [-0.2, 0) is 11.1 Å². The van der Waals surface area contributed by atoms with Crippen LogP contribution < -0.4 is 29.6 Å². The van der Waals surface area contributed by atoms with Crippen LogP contribution in [0.15, 0.2) is 41.3 Å². The smallest absolute Gasteiger partial charge is 1.00 e. The average Bonchev–Trinajstić information content (AvgIpc) is 2.47. The molecule has 2 aromatic rings. The fourth-order valence-electron chi connectivity index (χ4n) is 3.15. The molecule has 0 radical (unpaired) electrons. The second-order valence-electron chi connectivity index (χ2n) is 5.31. The minimum absolute atomic E-state index is 0. The van der Waals surface area contributed by atoms with Gasteiger partial charge in [-0.25, -0.2) is 4.21 Å². The molecule has 1 unspecified atom stereocenters. The second kappa shape index (κ2) is 7.19. The third-order valence-corrected chi connectivity index (χ3v) is 4.79. The Kier molecular flexibility index (Phi) is 5.82. The summed E-state index contributed by atoms with van der Waals surface area (Å²) in [6.07, 6.45) is 6.42. The van der Waals surface area contributed by atoms with Crippen molar-refractivity contribution in [2.24, 2.45) is 0 Å². The Morgan fingerprint density at radius 2 is 1.85 bits per heavy atom. The molecule has 0 spiro atoms. The normalized spacial score (nSPS) is 17.6. The molecule has 1 saturated carbocycles. The Morgan fingerprint density at radius 1 is 1.10 bits per heavy atom. The maximum absolute atomic E-state index is 11.2. The van der Waals surface area contributed by atoms with E-state index in [-0.39, 0.29) is 31.0 Å². The number of hydrogen-bond acceptors (Lipinski definition) is 1. The van der Waals surface area contributed by atoms with E-state index in [2.05, 4.69) is 18.2 Å². The Balaban J connectivity index is 0.00000110. The molecule has 1 atom stereocenters. The van der Waals surface area contributed by atoms with E-state index in [9.17, 15) is 8.76 Å². The minimum Gasteiger partial charge on any atom is -1.00 e. The van der Waals surface area contributed by atoms with Gasteiger partial charge in [-0.15, -0.1) is 0 Å². The summed E-state index contributed by atoms with van der Waals surface area (Å²) in [4.78, 5) is 0.496. The van der Waals surface area contributed by atoms with Crippen LogP contribution in [0.1, 0.15) is 45.0 Å². The van der Waals surface area contributed by atoms with Crippen molar-refractivity contribution in [1.82, 2.24) is 0 Å². The molecule has 3 rings (SSSR count). The number of rotatable bonds is 2. The molecular weight excluding hydrogens is 279 g/mol. The van der Waals surface area contributed by atoms with Crippen molar-refractivity contribution >= 4 is 21.9 Å². The van der Waals surface area contributed by atoms with Gasteiger partial charge in [-0.3, -0.25) is 0 Å². The van der Waals surface area contributed by atoms with Crippen LogP contribution in [0, 0.1) is 0 Å². The van der Waals surface area contributed by atoms with Gasteiger partial charge in [-0.05, 0) is 47.2 Å². The van der Waals surface area contributed by atoms with Gasteiger partial charge in [0.05, 0.1) is 4.90 Å². The summed E-state index contributed by atoms with van der Waals surface area (Å²) in [5.74, 6) is 0.611. The molecule has 0 heterocycles. The van der Waals surface area contributed by atoms with Crippen molar-refractivity contribution in [3.05, 3.63) is 42.0 Å². The zero-order valence-electron chi connectivity index (χ0n) is 12.8. The van der Waals surface area contributed by atoms with Gasteiger partial charge in [-0.2, -0.15) is 0 Å². The van der Waals surface area contributed by atoms with Crippen molar-refractivity contribution in [2.75, 3.05) is 0 Å². The second-order valence-corrected chi connectivity index (χ2v) is 6.28. The molecule has 2 nitrogen and oxygen atoms in total. The van der Waals surface area contributed by atoms with E-state index in [0.717, 1.165) is 10.8 Å². The Bertz CT molecular complexity index is 627. The molecule has 0 bridgehead atoms. The van der Waals surface area contributed by atoms with Gasteiger partial charge in [0, 0.05) is 0 Å². The average molecular weight is 298 g/mol. The third-order valence-electron chi connectivity index (χ3n) is 4.13. The molecule has 1 aliphatic carbocycles. The van der Waals surface area contributed by atoms with Gasteiger partial charge in [0.15, 0.2) is 11.1 Å². The summed E-state index contributed by atoms with van der Waals surface area (Å²) in [5, 5.41) is 2.31. The first-order chi connectivity index (χ1) is 9.25. The van der Waals surface area contributed by atoms with Gasteiger partial charge in [0.25, 0.3) is 0 Å². The summed E-state index contributed by atoms with van der Waals surface area (Å²) < 4.78 is 20.5. The molecule has 20 heavy (non-hydrogen) atoms.